The van der Waals surface area contributed by atoms with Crippen LogP contribution in [0.3, 0.4) is 0 Å². The van der Waals surface area contributed by atoms with Gasteiger partial charge in [0.05, 0.1) is 12.7 Å². The maximum Gasteiger partial charge on any atom is 0.165 e. The number of benzene rings is 1. The Morgan fingerprint density at radius 3 is 2.62 bits per heavy atom. The standard InChI is InChI=1S/C28H41NO3/c1-25(2,3)26(4,30)22-15-19-11-12-27(22)17-29(16-18-9-10-18)14-13-28(27)20-7-6-8-21(31-5)23(20)32-24(19)28/h6-8,18-19,22,24,30H,9-17H2,1-5H3. The molecular formula is C28H41NO3. The van der Waals surface area contributed by atoms with Gasteiger partial charge in [0, 0.05) is 29.5 Å². The molecular weight excluding hydrogens is 398 g/mol. The molecule has 32 heavy (non-hydrogen) atoms. The average Bonchev–Trinajstić information content (AvgIpc) is 3.49. The van der Waals surface area contributed by atoms with Gasteiger partial charge in [0.15, 0.2) is 11.5 Å². The van der Waals surface area contributed by atoms with Crippen LogP contribution in [0.1, 0.15) is 71.8 Å². The molecule has 2 bridgehead atoms. The van der Waals surface area contributed by atoms with E-state index in [4.69, 9.17) is 9.47 Å². The van der Waals surface area contributed by atoms with Crippen LogP contribution in [0.5, 0.6) is 11.5 Å². The highest BCUT2D eigenvalue weighted by Crippen LogP contribution is 2.74. The SMILES string of the molecule is COc1cccc2c1OC1C3CCC4(CN(CC5CC5)CCC214)C(C(C)(O)C(C)(C)C)C3. The van der Waals surface area contributed by atoms with E-state index in [1.807, 2.05) is 6.07 Å². The van der Waals surface area contributed by atoms with Gasteiger partial charge in [-0.1, -0.05) is 32.9 Å². The molecule has 2 heterocycles. The fraction of sp³-hybridized carbons (Fsp3) is 0.786. The molecule has 0 radical (unpaired) electrons. The van der Waals surface area contributed by atoms with Gasteiger partial charge in [0.1, 0.15) is 6.10 Å². The second kappa shape index (κ2) is 6.66. The monoisotopic (exact) mass is 439 g/mol. The fourth-order valence-corrected chi connectivity index (χ4v) is 8.43. The van der Waals surface area contributed by atoms with Crippen molar-refractivity contribution in [3.05, 3.63) is 23.8 Å². The molecule has 6 atom stereocenters. The molecule has 1 aromatic carbocycles. The second-order valence-corrected chi connectivity index (χ2v) is 12.9. The largest absolute Gasteiger partial charge is 0.493 e. The summed E-state index contributed by atoms with van der Waals surface area (Å²) < 4.78 is 12.6. The lowest BCUT2D eigenvalue weighted by Crippen LogP contribution is -2.75. The van der Waals surface area contributed by atoms with Gasteiger partial charge in [0.25, 0.3) is 0 Å². The summed E-state index contributed by atoms with van der Waals surface area (Å²) in [6.07, 6.45) is 7.64. The van der Waals surface area contributed by atoms with E-state index in [1.165, 1.54) is 37.8 Å². The molecule has 6 aliphatic rings. The number of methoxy groups -OCH3 is 1. The van der Waals surface area contributed by atoms with Crippen LogP contribution >= 0.6 is 0 Å². The number of fused-ring (bicyclic) bond motifs is 3. The number of hydrogen-bond acceptors (Lipinski definition) is 4. The summed E-state index contributed by atoms with van der Waals surface area (Å²) in [4.78, 5) is 2.76. The van der Waals surface area contributed by atoms with E-state index in [2.05, 4.69) is 44.7 Å². The maximum absolute atomic E-state index is 12.2. The Morgan fingerprint density at radius 1 is 1.16 bits per heavy atom. The van der Waals surface area contributed by atoms with Crippen LogP contribution in [-0.4, -0.2) is 48.5 Å². The van der Waals surface area contributed by atoms with Crippen molar-refractivity contribution in [1.82, 2.24) is 4.90 Å². The van der Waals surface area contributed by atoms with Crippen molar-refractivity contribution in [2.45, 2.75) is 83.3 Å². The highest BCUT2D eigenvalue weighted by molar-refractivity contribution is 5.57. The predicted molar refractivity (Wildman–Crippen MR) is 126 cm³/mol. The van der Waals surface area contributed by atoms with Crippen molar-refractivity contribution in [3.63, 3.8) is 0 Å². The first kappa shape index (κ1) is 21.3. The topological polar surface area (TPSA) is 41.9 Å². The molecule has 6 unspecified atom stereocenters. The Hall–Kier alpha value is -1.26. The fourth-order valence-electron chi connectivity index (χ4n) is 8.43. The van der Waals surface area contributed by atoms with Gasteiger partial charge in [-0.3, -0.25) is 0 Å². The van der Waals surface area contributed by atoms with Crippen molar-refractivity contribution in [1.29, 1.82) is 0 Å². The molecule has 1 saturated heterocycles. The third kappa shape index (κ3) is 2.57. The average molecular weight is 440 g/mol. The van der Waals surface area contributed by atoms with Crippen molar-refractivity contribution in [2.24, 2.45) is 28.6 Å². The molecule has 0 aromatic heterocycles. The van der Waals surface area contributed by atoms with Crippen molar-refractivity contribution >= 4 is 0 Å². The molecule has 4 nitrogen and oxygen atoms in total. The van der Waals surface area contributed by atoms with Crippen LogP contribution in [0, 0.1) is 28.6 Å². The summed E-state index contributed by atoms with van der Waals surface area (Å²) in [7, 11) is 1.76. The van der Waals surface area contributed by atoms with Gasteiger partial charge in [-0.05, 0) is 81.2 Å². The van der Waals surface area contributed by atoms with E-state index in [0.29, 0.717) is 5.92 Å². The number of aliphatic hydroxyl groups is 1. The summed E-state index contributed by atoms with van der Waals surface area (Å²) in [6.45, 7) is 12.3. The number of para-hydroxylation sites is 1. The Bertz CT molecular complexity index is 916. The highest BCUT2D eigenvalue weighted by atomic mass is 16.5. The number of likely N-dealkylation sites (tertiary alicyclic amines) is 1. The molecule has 7 rings (SSSR count). The second-order valence-electron chi connectivity index (χ2n) is 12.9. The molecule has 4 heteroatoms. The van der Waals surface area contributed by atoms with E-state index >= 15 is 0 Å². The molecule has 2 spiro atoms. The predicted octanol–water partition coefficient (Wildman–Crippen LogP) is 5.02. The zero-order valence-corrected chi connectivity index (χ0v) is 20.6. The van der Waals surface area contributed by atoms with E-state index in [-0.39, 0.29) is 28.3 Å². The summed E-state index contributed by atoms with van der Waals surface area (Å²) in [5, 5.41) is 12.2. The highest BCUT2D eigenvalue weighted by Gasteiger charge is 2.75. The lowest BCUT2D eigenvalue weighted by molar-refractivity contribution is -0.243. The Morgan fingerprint density at radius 2 is 1.94 bits per heavy atom. The van der Waals surface area contributed by atoms with Crippen molar-refractivity contribution in [3.8, 4) is 11.5 Å². The number of hydrogen-bond donors (Lipinski definition) is 1. The van der Waals surface area contributed by atoms with Crippen LogP contribution in [-0.2, 0) is 5.41 Å². The number of ether oxygens (including phenoxy) is 2. The van der Waals surface area contributed by atoms with Crippen LogP contribution in [0.25, 0.3) is 0 Å². The molecule has 0 amide bonds. The van der Waals surface area contributed by atoms with E-state index < -0.39 is 5.60 Å². The minimum atomic E-state index is -0.728. The van der Waals surface area contributed by atoms with Gasteiger partial charge >= 0.3 is 0 Å². The first-order valence-electron chi connectivity index (χ1n) is 12.9. The van der Waals surface area contributed by atoms with Gasteiger partial charge in [-0.15, -0.1) is 0 Å². The number of rotatable bonds is 4. The Labute approximate surface area is 193 Å². The van der Waals surface area contributed by atoms with E-state index in [0.717, 1.165) is 43.3 Å². The number of piperidine rings is 1. The zero-order chi connectivity index (χ0) is 22.5. The van der Waals surface area contributed by atoms with E-state index in [1.54, 1.807) is 7.11 Å². The molecule has 5 fully saturated rings. The summed E-state index contributed by atoms with van der Waals surface area (Å²) in [5.74, 6) is 3.53. The quantitative estimate of drug-likeness (QED) is 0.715. The molecule has 4 saturated carbocycles. The van der Waals surface area contributed by atoms with Crippen molar-refractivity contribution in [2.75, 3.05) is 26.7 Å². The summed E-state index contributed by atoms with van der Waals surface area (Å²) >= 11 is 0. The third-order valence-corrected chi connectivity index (χ3v) is 10.6. The van der Waals surface area contributed by atoms with E-state index in [9.17, 15) is 5.11 Å². The normalized spacial score (nSPS) is 40.1. The first-order chi connectivity index (χ1) is 15.1. The van der Waals surface area contributed by atoms with Crippen LogP contribution in [0.4, 0.5) is 0 Å². The molecule has 176 valence electrons. The molecule has 1 aromatic rings. The van der Waals surface area contributed by atoms with Crippen molar-refractivity contribution < 1.29 is 14.6 Å². The summed E-state index contributed by atoms with van der Waals surface area (Å²) in [6, 6.07) is 6.52. The maximum atomic E-state index is 12.2. The van der Waals surface area contributed by atoms with Gasteiger partial charge in [-0.2, -0.15) is 0 Å². The molecule has 4 aliphatic carbocycles. The van der Waals surface area contributed by atoms with Gasteiger partial charge in [0.2, 0.25) is 0 Å². The smallest absolute Gasteiger partial charge is 0.165 e. The third-order valence-electron chi connectivity index (χ3n) is 10.6. The van der Waals surface area contributed by atoms with Crippen LogP contribution in [0.2, 0.25) is 0 Å². The lowest BCUT2D eigenvalue weighted by atomic mass is 9.36. The zero-order valence-electron chi connectivity index (χ0n) is 20.6. The minimum absolute atomic E-state index is 0.0159. The number of nitrogens with zero attached hydrogens (tertiary/aromatic N) is 1. The molecule has 1 N–H and O–H groups in total. The minimum Gasteiger partial charge on any atom is -0.493 e. The van der Waals surface area contributed by atoms with Gasteiger partial charge < -0.3 is 19.5 Å². The van der Waals surface area contributed by atoms with Crippen LogP contribution < -0.4 is 9.47 Å². The van der Waals surface area contributed by atoms with Crippen LogP contribution in [0.15, 0.2) is 18.2 Å². The summed E-state index contributed by atoms with van der Waals surface area (Å²) in [5.41, 5.74) is 0.488. The first-order valence-corrected chi connectivity index (χ1v) is 12.9. The Kier molecular flexibility index (Phi) is 4.43. The Balaban J connectivity index is 1.53. The lowest BCUT2D eigenvalue weighted by Gasteiger charge is -2.70. The van der Waals surface area contributed by atoms with Gasteiger partial charge in [-0.25, -0.2) is 0 Å². The molecule has 2 aliphatic heterocycles.